The summed E-state index contributed by atoms with van der Waals surface area (Å²) in [4.78, 5) is 27.0. The maximum atomic E-state index is 13.1. The van der Waals surface area contributed by atoms with E-state index in [2.05, 4.69) is 27.1 Å². The smallest absolute Gasteiger partial charge is 0.278 e. The van der Waals surface area contributed by atoms with Crippen molar-refractivity contribution in [2.45, 2.75) is 6.92 Å². The van der Waals surface area contributed by atoms with Crippen molar-refractivity contribution in [3.63, 3.8) is 0 Å². The second-order valence-corrected chi connectivity index (χ2v) is 6.94. The Morgan fingerprint density at radius 1 is 0.926 bits per heavy atom. The van der Waals surface area contributed by atoms with Crippen molar-refractivity contribution in [1.29, 1.82) is 0 Å². The van der Waals surface area contributed by atoms with Crippen LogP contribution in [0.2, 0.25) is 0 Å². The predicted molar refractivity (Wildman–Crippen MR) is 108 cm³/mol. The van der Waals surface area contributed by atoms with Gasteiger partial charge < -0.3 is 15.1 Å². The molecule has 1 aliphatic heterocycles. The standard InChI is InChI=1S/C21H23N5O/c1-15-7-3-4-8-16(15)24-21(27)19-20(26-13-11-25(2)12-14-26)23-18-10-6-5-9-17(18)22-19/h3-10H,11-14H2,1-2H3,(H,24,27). The number of aromatic nitrogens is 2. The number of anilines is 2. The molecule has 1 aromatic heterocycles. The molecule has 4 rings (SSSR count). The third-order valence-corrected chi connectivity index (χ3v) is 4.96. The Bertz CT molecular complexity index is 979. The Morgan fingerprint density at radius 3 is 2.26 bits per heavy atom. The molecule has 1 N–H and O–H groups in total. The van der Waals surface area contributed by atoms with Crippen LogP contribution >= 0.6 is 0 Å². The van der Waals surface area contributed by atoms with Gasteiger partial charge in [0.25, 0.3) is 5.91 Å². The summed E-state index contributed by atoms with van der Waals surface area (Å²) in [7, 11) is 2.11. The first-order valence-corrected chi connectivity index (χ1v) is 9.19. The van der Waals surface area contributed by atoms with E-state index in [1.807, 2.05) is 55.5 Å². The van der Waals surface area contributed by atoms with E-state index in [1.165, 1.54) is 0 Å². The number of nitrogens with one attached hydrogen (secondary N) is 1. The number of hydrogen-bond acceptors (Lipinski definition) is 5. The van der Waals surface area contributed by atoms with Gasteiger partial charge in [-0.2, -0.15) is 0 Å². The number of carbonyl (C=O) groups is 1. The highest BCUT2D eigenvalue weighted by Gasteiger charge is 2.24. The maximum absolute atomic E-state index is 13.1. The van der Waals surface area contributed by atoms with E-state index in [1.54, 1.807) is 0 Å². The Hall–Kier alpha value is -2.99. The van der Waals surface area contributed by atoms with Gasteiger partial charge in [0, 0.05) is 31.9 Å². The molecule has 0 saturated carbocycles. The summed E-state index contributed by atoms with van der Waals surface area (Å²) >= 11 is 0. The van der Waals surface area contributed by atoms with Gasteiger partial charge in [0.2, 0.25) is 0 Å². The van der Waals surface area contributed by atoms with Gasteiger partial charge in [-0.1, -0.05) is 30.3 Å². The molecule has 3 aromatic rings. The van der Waals surface area contributed by atoms with Crippen LogP contribution in [-0.2, 0) is 0 Å². The van der Waals surface area contributed by atoms with Gasteiger partial charge in [0.05, 0.1) is 11.0 Å². The third-order valence-electron chi connectivity index (χ3n) is 4.96. The fourth-order valence-electron chi connectivity index (χ4n) is 3.28. The van der Waals surface area contributed by atoms with Crippen molar-refractivity contribution in [2.24, 2.45) is 0 Å². The molecule has 1 aliphatic rings. The molecule has 0 radical (unpaired) electrons. The third kappa shape index (κ3) is 3.61. The highest BCUT2D eigenvalue weighted by molar-refractivity contribution is 6.07. The molecule has 0 atom stereocenters. The molecular weight excluding hydrogens is 338 g/mol. The Balaban J connectivity index is 1.74. The topological polar surface area (TPSA) is 61.4 Å². The Labute approximate surface area is 158 Å². The average molecular weight is 361 g/mol. The zero-order valence-corrected chi connectivity index (χ0v) is 15.6. The number of rotatable bonds is 3. The van der Waals surface area contributed by atoms with Gasteiger partial charge in [-0.25, -0.2) is 9.97 Å². The minimum absolute atomic E-state index is 0.225. The van der Waals surface area contributed by atoms with Gasteiger partial charge in [0.15, 0.2) is 11.5 Å². The number of amides is 1. The zero-order chi connectivity index (χ0) is 18.8. The molecule has 0 unspecified atom stereocenters. The summed E-state index contributed by atoms with van der Waals surface area (Å²) in [5, 5.41) is 3.00. The summed E-state index contributed by atoms with van der Waals surface area (Å²) in [6.45, 7) is 5.51. The van der Waals surface area contributed by atoms with Crippen LogP contribution in [0.3, 0.4) is 0 Å². The number of likely N-dealkylation sites (N-methyl/N-ethyl adjacent to an activating group) is 1. The van der Waals surface area contributed by atoms with Crippen molar-refractivity contribution in [2.75, 3.05) is 43.4 Å². The number of para-hydroxylation sites is 3. The lowest BCUT2D eigenvalue weighted by atomic mass is 10.2. The van der Waals surface area contributed by atoms with Gasteiger partial charge >= 0.3 is 0 Å². The second kappa shape index (κ2) is 7.32. The monoisotopic (exact) mass is 361 g/mol. The predicted octanol–water partition coefficient (Wildman–Crippen LogP) is 2.94. The van der Waals surface area contributed by atoms with Gasteiger partial charge in [-0.15, -0.1) is 0 Å². The molecule has 138 valence electrons. The van der Waals surface area contributed by atoms with Gasteiger partial charge in [0.1, 0.15) is 0 Å². The summed E-state index contributed by atoms with van der Waals surface area (Å²) in [5.74, 6) is 0.435. The summed E-state index contributed by atoms with van der Waals surface area (Å²) in [6.07, 6.45) is 0. The van der Waals surface area contributed by atoms with Crippen LogP contribution in [0.4, 0.5) is 11.5 Å². The van der Waals surface area contributed by atoms with E-state index in [4.69, 9.17) is 4.98 Å². The van der Waals surface area contributed by atoms with Crippen LogP contribution < -0.4 is 10.2 Å². The normalized spacial score (nSPS) is 15.1. The molecule has 2 heterocycles. The highest BCUT2D eigenvalue weighted by atomic mass is 16.1. The van der Waals surface area contributed by atoms with E-state index >= 15 is 0 Å². The molecule has 6 nitrogen and oxygen atoms in total. The zero-order valence-electron chi connectivity index (χ0n) is 15.6. The lowest BCUT2D eigenvalue weighted by Gasteiger charge is -2.33. The molecule has 1 fully saturated rings. The van der Waals surface area contributed by atoms with Crippen molar-refractivity contribution in [3.8, 4) is 0 Å². The number of carbonyl (C=O) groups excluding carboxylic acids is 1. The first kappa shape index (κ1) is 17.4. The Kier molecular flexibility index (Phi) is 4.73. The van der Waals surface area contributed by atoms with Crippen LogP contribution in [-0.4, -0.2) is 54.0 Å². The lowest BCUT2D eigenvalue weighted by Crippen LogP contribution is -2.45. The Morgan fingerprint density at radius 2 is 1.56 bits per heavy atom. The van der Waals surface area contributed by atoms with E-state index < -0.39 is 0 Å². The molecule has 6 heteroatoms. The van der Waals surface area contributed by atoms with Gasteiger partial charge in [-0.3, -0.25) is 4.79 Å². The van der Waals surface area contributed by atoms with E-state index in [-0.39, 0.29) is 5.91 Å². The number of nitrogens with zero attached hydrogens (tertiary/aromatic N) is 4. The molecule has 0 bridgehead atoms. The maximum Gasteiger partial charge on any atom is 0.278 e. The van der Waals surface area contributed by atoms with E-state index in [0.717, 1.165) is 48.5 Å². The summed E-state index contributed by atoms with van der Waals surface area (Å²) in [5.41, 5.74) is 3.72. The average Bonchev–Trinajstić information content (AvgIpc) is 2.69. The fourth-order valence-corrected chi connectivity index (χ4v) is 3.28. The van der Waals surface area contributed by atoms with Crippen LogP contribution in [0.25, 0.3) is 11.0 Å². The van der Waals surface area contributed by atoms with E-state index in [0.29, 0.717) is 11.5 Å². The molecule has 0 spiro atoms. The minimum Gasteiger partial charge on any atom is -0.352 e. The van der Waals surface area contributed by atoms with Crippen LogP contribution in [0.1, 0.15) is 16.1 Å². The summed E-state index contributed by atoms with van der Waals surface area (Å²) < 4.78 is 0. The van der Waals surface area contributed by atoms with Crippen molar-refractivity contribution in [3.05, 3.63) is 59.8 Å². The number of aryl methyl sites for hydroxylation is 1. The molecule has 1 saturated heterocycles. The van der Waals surface area contributed by atoms with E-state index in [9.17, 15) is 4.79 Å². The van der Waals surface area contributed by atoms with Crippen LogP contribution in [0.15, 0.2) is 48.5 Å². The first-order chi connectivity index (χ1) is 13.1. The SMILES string of the molecule is Cc1ccccc1NC(=O)c1nc2ccccc2nc1N1CCN(C)CC1. The molecule has 1 amide bonds. The summed E-state index contributed by atoms with van der Waals surface area (Å²) in [6, 6.07) is 15.4. The number of benzene rings is 2. The second-order valence-electron chi connectivity index (χ2n) is 6.94. The molecule has 27 heavy (non-hydrogen) atoms. The minimum atomic E-state index is -0.225. The highest BCUT2D eigenvalue weighted by Crippen LogP contribution is 2.23. The molecule has 0 aliphatic carbocycles. The largest absolute Gasteiger partial charge is 0.352 e. The van der Waals surface area contributed by atoms with Crippen molar-refractivity contribution < 1.29 is 4.79 Å². The van der Waals surface area contributed by atoms with Crippen LogP contribution in [0, 0.1) is 6.92 Å². The molecular formula is C21H23N5O. The quantitative estimate of drug-likeness (QED) is 0.777. The van der Waals surface area contributed by atoms with Gasteiger partial charge in [-0.05, 0) is 37.7 Å². The van der Waals surface area contributed by atoms with Crippen molar-refractivity contribution in [1.82, 2.24) is 14.9 Å². The van der Waals surface area contributed by atoms with Crippen LogP contribution in [0.5, 0.6) is 0 Å². The van der Waals surface area contributed by atoms with Crippen molar-refractivity contribution >= 4 is 28.4 Å². The molecule has 2 aromatic carbocycles. The number of hydrogen-bond donors (Lipinski definition) is 1. The fraction of sp³-hybridized carbons (Fsp3) is 0.286. The first-order valence-electron chi connectivity index (χ1n) is 9.19. The number of piperazine rings is 1. The number of fused-ring (bicyclic) bond motifs is 1. The lowest BCUT2D eigenvalue weighted by molar-refractivity contribution is 0.102.